The summed E-state index contributed by atoms with van der Waals surface area (Å²) in [6.45, 7) is 7.56. The summed E-state index contributed by atoms with van der Waals surface area (Å²) in [6.07, 6.45) is 3.52. The molecule has 1 N–H and O–H groups in total. The molecule has 0 radical (unpaired) electrons. The van der Waals surface area contributed by atoms with Crippen LogP contribution in [0.15, 0.2) is 30.5 Å². The van der Waals surface area contributed by atoms with Gasteiger partial charge in [0.15, 0.2) is 0 Å². The molecule has 0 spiro atoms. The highest BCUT2D eigenvalue weighted by Crippen LogP contribution is 2.32. The summed E-state index contributed by atoms with van der Waals surface area (Å²) in [5.74, 6) is 0.623. The SMILES string of the molecule is CCCN(CCC)C(=O)c1ccc(Nc2cc(C)c(Cl)cc2OC)cn1. The van der Waals surface area contributed by atoms with E-state index in [-0.39, 0.29) is 5.91 Å². The number of carbonyl (C=O) groups is 1. The molecular weight excluding hydrogens is 350 g/mol. The van der Waals surface area contributed by atoms with Crippen LogP contribution in [0, 0.1) is 6.92 Å². The summed E-state index contributed by atoms with van der Waals surface area (Å²) in [5.41, 5.74) is 2.98. The van der Waals surface area contributed by atoms with E-state index in [1.807, 2.05) is 24.0 Å². The zero-order valence-corrected chi connectivity index (χ0v) is 16.6. The first kappa shape index (κ1) is 20.0. The van der Waals surface area contributed by atoms with E-state index in [1.165, 1.54) is 0 Å². The molecule has 1 aromatic heterocycles. The van der Waals surface area contributed by atoms with Crippen molar-refractivity contribution in [1.82, 2.24) is 9.88 Å². The number of hydrogen-bond donors (Lipinski definition) is 1. The van der Waals surface area contributed by atoms with Crippen LogP contribution in [0.3, 0.4) is 0 Å². The number of nitrogens with zero attached hydrogens (tertiary/aromatic N) is 2. The van der Waals surface area contributed by atoms with Crippen LogP contribution >= 0.6 is 11.6 Å². The van der Waals surface area contributed by atoms with Crippen LogP contribution in [0.25, 0.3) is 0 Å². The number of anilines is 2. The van der Waals surface area contributed by atoms with Crippen molar-refractivity contribution in [3.8, 4) is 5.75 Å². The van der Waals surface area contributed by atoms with Crippen LogP contribution in [0.2, 0.25) is 5.02 Å². The van der Waals surface area contributed by atoms with Gasteiger partial charge in [0, 0.05) is 24.2 Å². The average Bonchev–Trinajstić information content (AvgIpc) is 2.64. The smallest absolute Gasteiger partial charge is 0.272 e. The van der Waals surface area contributed by atoms with E-state index >= 15 is 0 Å². The Kier molecular flexibility index (Phi) is 7.27. The van der Waals surface area contributed by atoms with Gasteiger partial charge >= 0.3 is 0 Å². The van der Waals surface area contributed by atoms with E-state index in [4.69, 9.17) is 16.3 Å². The number of carbonyl (C=O) groups excluding carboxylic acids is 1. The van der Waals surface area contributed by atoms with Crippen LogP contribution < -0.4 is 10.1 Å². The van der Waals surface area contributed by atoms with E-state index in [2.05, 4.69) is 24.1 Å². The van der Waals surface area contributed by atoms with Gasteiger partial charge in [-0.3, -0.25) is 4.79 Å². The third-order valence-electron chi connectivity index (χ3n) is 4.02. The van der Waals surface area contributed by atoms with Crippen molar-refractivity contribution in [2.45, 2.75) is 33.6 Å². The summed E-state index contributed by atoms with van der Waals surface area (Å²) in [6, 6.07) is 7.29. The minimum atomic E-state index is -0.0276. The van der Waals surface area contributed by atoms with E-state index in [0.717, 1.165) is 42.9 Å². The highest BCUT2D eigenvalue weighted by molar-refractivity contribution is 6.31. The molecule has 0 unspecified atom stereocenters. The molecule has 0 saturated heterocycles. The number of halogens is 1. The number of ether oxygens (including phenoxy) is 1. The van der Waals surface area contributed by atoms with Crippen LogP contribution in [0.1, 0.15) is 42.7 Å². The topological polar surface area (TPSA) is 54.5 Å². The number of pyridine rings is 1. The number of nitrogens with one attached hydrogen (secondary N) is 1. The molecular formula is C20H26ClN3O2. The van der Waals surface area contributed by atoms with Gasteiger partial charge in [-0.05, 0) is 43.5 Å². The third-order valence-corrected chi connectivity index (χ3v) is 4.42. The molecule has 0 aliphatic rings. The van der Waals surface area contributed by atoms with Crippen LogP contribution in [0.5, 0.6) is 5.75 Å². The van der Waals surface area contributed by atoms with Gasteiger partial charge in [0.2, 0.25) is 0 Å². The fourth-order valence-corrected chi connectivity index (χ4v) is 2.85. The second-order valence-electron chi connectivity index (χ2n) is 6.15. The summed E-state index contributed by atoms with van der Waals surface area (Å²) in [4.78, 5) is 18.8. The minimum absolute atomic E-state index is 0.0276. The fourth-order valence-electron chi connectivity index (χ4n) is 2.70. The first-order valence-corrected chi connectivity index (χ1v) is 9.24. The quantitative estimate of drug-likeness (QED) is 0.700. The van der Waals surface area contributed by atoms with Crippen molar-refractivity contribution < 1.29 is 9.53 Å². The predicted molar refractivity (Wildman–Crippen MR) is 107 cm³/mol. The standard InChI is InChI=1S/C20H26ClN3O2/c1-5-9-24(10-6-2)20(25)17-8-7-15(13-22-17)23-18-11-14(3)16(21)12-19(18)26-4/h7-8,11-13,23H,5-6,9-10H2,1-4H3. The van der Waals surface area contributed by atoms with Crippen LogP contribution in [-0.2, 0) is 0 Å². The number of aryl methyl sites for hydroxylation is 1. The number of rotatable bonds is 8. The molecule has 0 aliphatic heterocycles. The molecule has 2 rings (SSSR count). The van der Waals surface area contributed by atoms with Crippen LogP contribution in [0.4, 0.5) is 11.4 Å². The van der Waals surface area contributed by atoms with Gasteiger partial charge in [0.05, 0.1) is 24.7 Å². The van der Waals surface area contributed by atoms with Gasteiger partial charge in [-0.15, -0.1) is 0 Å². The Morgan fingerprint density at radius 2 is 1.92 bits per heavy atom. The average molecular weight is 376 g/mol. The Balaban J connectivity index is 2.17. The molecule has 0 bridgehead atoms. The minimum Gasteiger partial charge on any atom is -0.495 e. The summed E-state index contributed by atoms with van der Waals surface area (Å²) in [7, 11) is 1.60. The lowest BCUT2D eigenvalue weighted by Crippen LogP contribution is -2.33. The fraction of sp³-hybridized carbons (Fsp3) is 0.400. The second-order valence-corrected chi connectivity index (χ2v) is 6.56. The Morgan fingerprint density at radius 3 is 2.46 bits per heavy atom. The number of benzene rings is 1. The molecule has 0 fully saturated rings. The van der Waals surface area contributed by atoms with Gasteiger partial charge < -0.3 is 15.0 Å². The molecule has 0 saturated carbocycles. The second kappa shape index (κ2) is 9.43. The van der Waals surface area contributed by atoms with Gasteiger partial charge in [-0.2, -0.15) is 0 Å². The largest absolute Gasteiger partial charge is 0.495 e. The zero-order valence-electron chi connectivity index (χ0n) is 15.8. The number of methoxy groups -OCH3 is 1. The lowest BCUT2D eigenvalue weighted by Gasteiger charge is -2.21. The zero-order chi connectivity index (χ0) is 19.1. The number of aromatic nitrogens is 1. The predicted octanol–water partition coefficient (Wildman–Crippen LogP) is 5.06. The maximum absolute atomic E-state index is 12.6. The van der Waals surface area contributed by atoms with E-state index < -0.39 is 0 Å². The van der Waals surface area contributed by atoms with E-state index in [0.29, 0.717) is 16.5 Å². The summed E-state index contributed by atoms with van der Waals surface area (Å²) in [5, 5.41) is 3.92. The molecule has 6 heteroatoms. The molecule has 1 amide bonds. The van der Waals surface area contributed by atoms with Crippen molar-refractivity contribution in [1.29, 1.82) is 0 Å². The lowest BCUT2D eigenvalue weighted by atomic mass is 10.2. The third kappa shape index (κ3) is 4.88. The van der Waals surface area contributed by atoms with Crippen molar-refractivity contribution in [3.63, 3.8) is 0 Å². The van der Waals surface area contributed by atoms with E-state index in [1.54, 1.807) is 25.4 Å². The van der Waals surface area contributed by atoms with Crippen molar-refractivity contribution in [2.75, 3.05) is 25.5 Å². The van der Waals surface area contributed by atoms with Crippen LogP contribution in [-0.4, -0.2) is 36.0 Å². The van der Waals surface area contributed by atoms with Crippen molar-refractivity contribution >= 4 is 28.9 Å². The van der Waals surface area contributed by atoms with Gasteiger partial charge in [-0.25, -0.2) is 4.98 Å². The number of amides is 1. The maximum atomic E-state index is 12.6. The molecule has 5 nitrogen and oxygen atoms in total. The summed E-state index contributed by atoms with van der Waals surface area (Å²) >= 11 is 6.14. The Labute approximate surface area is 160 Å². The van der Waals surface area contributed by atoms with Crippen molar-refractivity contribution in [3.05, 3.63) is 46.7 Å². The molecule has 2 aromatic rings. The highest BCUT2D eigenvalue weighted by atomic mass is 35.5. The maximum Gasteiger partial charge on any atom is 0.272 e. The molecule has 1 aromatic carbocycles. The first-order chi connectivity index (χ1) is 12.5. The summed E-state index contributed by atoms with van der Waals surface area (Å²) < 4.78 is 5.37. The Bertz CT molecular complexity index is 741. The highest BCUT2D eigenvalue weighted by Gasteiger charge is 2.15. The Hall–Kier alpha value is -2.27. The molecule has 26 heavy (non-hydrogen) atoms. The molecule has 140 valence electrons. The lowest BCUT2D eigenvalue weighted by molar-refractivity contribution is 0.0749. The van der Waals surface area contributed by atoms with Gasteiger partial charge in [0.1, 0.15) is 11.4 Å². The van der Waals surface area contributed by atoms with Crippen molar-refractivity contribution in [2.24, 2.45) is 0 Å². The van der Waals surface area contributed by atoms with E-state index in [9.17, 15) is 4.79 Å². The first-order valence-electron chi connectivity index (χ1n) is 8.86. The monoisotopic (exact) mass is 375 g/mol. The van der Waals surface area contributed by atoms with Gasteiger partial charge in [-0.1, -0.05) is 25.4 Å². The number of hydrogen-bond acceptors (Lipinski definition) is 4. The van der Waals surface area contributed by atoms with Gasteiger partial charge in [0.25, 0.3) is 5.91 Å². The normalized spacial score (nSPS) is 10.5. The molecule has 0 atom stereocenters. The molecule has 0 aliphatic carbocycles. The Morgan fingerprint density at radius 1 is 1.23 bits per heavy atom. The molecule has 1 heterocycles.